The molecule has 0 heterocycles. The Labute approximate surface area is 122 Å². The molecule has 1 aromatic rings. The highest BCUT2D eigenvalue weighted by Crippen LogP contribution is 2.30. The molecule has 3 unspecified atom stereocenters. The van der Waals surface area contributed by atoms with Gasteiger partial charge in [0.2, 0.25) is 0 Å². The summed E-state index contributed by atoms with van der Waals surface area (Å²) in [6.07, 6.45) is 4.85. The number of nitrogens with one attached hydrogen (secondary N) is 1. The van der Waals surface area contributed by atoms with Crippen LogP contribution >= 0.6 is 0 Å². The molecule has 1 aliphatic rings. The summed E-state index contributed by atoms with van der Waals surface area (Å²) in [6.45, 7) is 4.22. The normalized spacial score (nSPS) is 25.0. The predicted molar refractivity (Wildman–Crippen MR) is 82.2 cm³/mol. The molecule has 0 aliphatic heterocycles. The standard InChI is InChI=1S/C17H27NO2/c1-12-9-10-16(14(11-12)13(2)18-3)20-17-8-6-4-5-7-15(17)19/h9-11,13,15,17-19H,4-8H2,1-3H3. The Balaban J connectivity index is 2.19. The van der Waals surface area contributed by atoms with Gasteiger partial charge in [0.1, 0.15) is 11.9 Å². The van der Waals surface area contributed by atoms with E-state index in [-0.39, 0.29) is 18.2 Å². The van der Waals surface area contributed by atoms with Gasteiger partial charge in [-0.1, -0.05) is 30.5 Å². The van der Waals surface area contributed by atoms with Crippen molar-refractivity contribution in [2.75, 3.05) is 7.05 Å². The zero-order valence-electron chi connectivity index (χ0n) is 12.9. The monoisotopic (exact) mass is 277 g/mol. The van der Waals surface area contributed by atoms with Crippen LogP contribution in [0.15, 0.2) is 18.2 Å². The Morgan fingerprint density at radius 2 is 2.00 bits per heavy atom. The summed E-state index contributed by atoms with van der Waals surface area (Å²) in [4.78, 5) is 0. The molecule has 0 saturated heterocycles. The molecule has 2 rings (SSSR count). The van der Waals surface area contributed by atoms with Crippen LogP contribution in [0.25, 0.3) is 0 Å². The second kappa shape index (κ2) is 7.09. The van der Waals surface area contributed by atoms with Crippen molar-refractivity contribution < 1.29 is 9.84 Å². The highest BCUT2D eigenvalue weighted by Gasteiger charge is 2.24. The van der Waals surface area contributed by atoms with Crippen molar-refractivity contribution in [1.29, 1.82) is 0 Å². The number of aliphatic hydroxyl groups is 1. The van der Waals surface area contributed by atoms with Crippen molar-refractivity contribution in [3.8, 4) is 5.75 Å². The highest BCUT2D eigenvalue weighted by molar-refractivity contribution is 5.39. The van der Waals surface area contributed by atoms with Crippen molar-refractivity contribution in [2.24, 2.45) is 0 Å². The first-order valence-corrected chi connectivity index (χ1v) is 7.74. The molecule has 0 radical (unpaired) electrons. The highest BCUT2D eigenvalue weighted by atomic mass is 16.5. The summed E-state index contributed by atoms with van der Waals surface area (Å²) in [5, 5.41) is 13.5. The fourth-order valence-corrected chi connectivity index (χ4v) is 2.82. The van der Waals surface area contributed by atoms with E-state index in [9.17, 15) is 5.11 Å². The zero-order valence-corrected chi connectivity index (χ0v) is 12.9. The molecule has 0 aromatic heterocycles. The molecule has 0 bridgehead atoms. The lowest BCUT2D eigenvalue weighted by Gasteiger charge is -2.25. The number of ether oxygens (including phenoxy) is 1. The summed E-state index contributed by atoms with van der Waals surface area (Å²) < 4.78 is 6.17. The second-order valence-electron chi connectivity index (χ2n) is 5.91. The van der Waals surface area contributed by atoms with Gasteiger partial charge in [-0.2, -0.15) is 0 Å². The van der Waals surface area contributed by atoms with E-state index in [1.165, 1.54) is 17.5 Å². The molecule has 1 aromatic carbocycles. The molecule has 1 fully saturated rings. The minimum absolute atomic E-state index is 0.0667. The summed E-state index contributed by atoms with van der Waals surface area (Å²) >= 11 is 0. The van der Waals surface area contributed by atoms with Crippen molar-refractivity contribution in [1.82, 2.24) is 5.32 Å². The van der Waals surface area contributed by atoms with Crippen molar-refractivity contribution in [3.05, 3.63) is 29.3 Å². The van der Waals surface area contributed by atoms with Gasteiger partial charge in [-0.05, 0) is 46.2 Å². The first kappa shape index (κ1) is 15.3. The molecule has 0 spiro atoms. The quantitative estimate of drug-likeness (QED) is 0.829. The van der Waals surface area contributed by atoms with Gasteiger partial charge in [0, 0.05) is 11.6 Å². The molecule has 1 saturated carbocycles. The van der Waals surface area contributed by atoms with Gasteiger partial charge in [-0.3, -0.25) is 0 Å². The number of rotatable bonds is 4. The molecule has 112 valence electrons. The molecule has 1 aliphatic carbocycles. The average Bonchev–Trinajstić information content (AvgIpc) is 2.65. The first-order chi connectivity index (χ1) is 9.61. The van der Waals surface area contributed by atoms with Gasteiger partial charge in [0.05, 0.1) is 6.10 Å². The molecular formula is C17H27NO2. The Morgan fingerprint density at radius 1 is 1.25 bits per heavy atom. The maximum absolute atomic E-state index is 10.2. The van der Waals surface area contributed by atoms with Crippen molar-refractivity contribution >= 4 is 0 Å². The molecule has 3 atom stereocenters. The van der Waals surface area contributed by atoms with E-state index in [0.29, 0.717) is 0 Å². The van der Waals surface area contributed by atoms with Gasteiger partial charge in [0.25, 0.3) is 0 Å². The minimum atomic E-state index is -0.337. The summed E-state index contributed by atoms with van der Waals surface area (Å²) in [5.74, 6) is 0.906. The van der Waals surface area contributed by atoms with E-state index in [4.69, 9.17) is 4.74 Å². The Kier molecular flexibility index (Phi) is 5.44. The van der Waals surface area contributed by atoms with E-state index < -0.39 is 0 Å². The lowest BCUT2D eigenvalue weighted by atomic mass is 10.0. The topological polar surface area (TPSA) is 41.5 Å². The summed E-state index contributed by atoms with van der Waals surface area (Å²) in [7, 11) is 1.96. The number of hydrogen-bond acceptors (Lipinski definition) is 3. The number of benzene rings is 1. The lowest BCUT2D eigenvalue weighted by molar-refractivity contribution is 0.0312. The Bertz CT molecular complexity index is 433. The van der Waals surface area contributed by atoms with E-state index in [0.717, 1.165) is 31.4 Å². The molecule has 3 nitrogen and oxygen atoms in total. The first-order valence-electron chi connectivity index (χ1n) is 7.74. The van der Waals surface area contributed by atoms with Crippen LogP contribution in [0.2, 0.25) is 0 Å². The van der Waals surface area contributed by atoms with Crippen molar-refractivity contribution in [2.45, 2.75) is 64.2 Å². The summed E-state index contributed by atoms with van der Waals surface area (Å²) in [5.41, 5.74) is 2.40. The molecule has 3 heteroatoms. The lowest BCUT2D eigenvalue weighted by Crippen LogP contribution is -2.31. The predicted octanol–water partition coefficient (Wildman–Crippen LogP) is 3.35. The molecule has 2 N–H and O–H groups in total. The fourth-order valence-electron chi connectivity index (χ4n) is 2.82. The number of aryl methyl sites for hydroxylation is 1. The van der Waals surface area contributed by atoms with Crippen LogP contribution in [-0.2, 0) is 0 Å². The largest absolute Gasteiger partial charge is 0.487 e. The van der Waals surface area contributed by atoms with Crippen LogP contribution in [0, 0.1) is 6.92 Å². The summed E-state index contributed by atoms with van der Waals surface area (Å²) in [6, 6.07) is 6.52. The minimum Gasteiger partial charge on any atom is -0.487 e. The number of hydrogen-bond donors (Lipinski definition) is 2. The third kappa shape index (κ3) is 3.74. The van der Waals surface area contributed by atoms with Crippen LogP contribution in [0.3, 0.4) is 0 Å². The van der Waals surface area contributed by atoms with Gasteiger partial charge >= 0.3 is 0 Å². The van der Waals surface area contributed by atoms with Gasteiger partial charge in [0.15, 0.2) is 0 Å². The Hall–Kier alpha value is -1.06. The van der Waals surface area contributed by atoms with Gasteiger partial charge in [-0.25, -0.2) is 0 Å². The van der Waals surface area contributed by atoms with Gasteiger partial charge in [-0.15, -0.1) is 0 Å². The number of aliphatic hydroxyl groups excluding tert-OH is 1. The van der Waals surface area contributed by atoms with Crippen LogP contribution in [0.5, 0.6) is 5.75 Å². The van der Waals surface area contributed by atoms with E-state index in [1.54, 1.807) is 0 Å². The second-order valence-corrected chi connectivity index (χ2v) is 5.91. The Morgan fingerprint density at radius 3 is 2.75 bits per heavy atom. The smallest absolute Gasteiger partial charge is 0.124 e. The molecule has 20 heavy (non-hydrogen) atoms. The SMILES string of the molecule is CNC(C)c1cc(C)ccc1OC1CCCCCC1O. The van der Waals surface area contributed by atoms with E-state index in [2.05, 4.69) is 31.3 Å². The maximum Gasteiger partial charge on any atom is 0.124 e. The third-order valence-electron chi connectivity index (χ3n) is 4.26. The average molecular weight is 277 g/mol. The third-order valence-corrected chi connectivity index (χ3v) is 4.26. The maximum atomic E-state index is 10.2. The van der Waals surface area contributed by atoms with Crippen LogP contribution in [0.4, 0.5) is 0 Å². The zero-order chi connectivity index (χ0) is 14.5. The van der Waals surface area contributed by atoms with Crippen LogP contribution < -0.4 is 10.1 Å². The van der Waals surface area contributed by atoms with Crippen molar-refractivity contribution in [3.63, 3.8) is 0 Å². The van der Waals surface area contributed by atoms with Gasteiger partial charge < -0.3 is 15.2 Å². The van der Waals surface area contributed by atoms with Crippen LogP contribution in [-0.4, -0.2) is 24.4 Å². The van der Waals surface area contributed by atoms with E-state index in [1.807, 2.05) is 13.1 Å². The molecular weight excluding hydrogens is 250 g/mol. The van der Waals surface area contributed by atoms with E-state index >= 15 is 0 Å². The fraction of sp³-hybridized carbons (Fsp3) is 0.647. The van der Waals surface area contributed by atoms with Crippen LogP contribution in [0.1, 0.15) is 56.2 Å². The molecule has 0 amide bonds.